The minimum absolute atomic E-state index is 0.0201. The molecule has 5 nitrogen and oxygen atoms in total. The van der Waals surface area contributed by atoms with E-state index in [1.165, 1.54) is 6.20 Å². The maximum Gasteiger partial charge on any atom is 0.280 e. The van der Waals surface area contributed by atoms with E-state index in [0.29, 0.717) is 10.9 Å². The lowest BCUT2D eigenvalue weighted by molar-refractivity contribution is 0.0232. The minimum Gasteiger partial charge on any atom is -0.360 e. The normalized spacial score (nSPS) is 10.5. The van der Waals surface area contributed by atoms with Crippen molar-refractivity contribution in [2.75, 3.05) is 0 Å². The average molecular weight is 294 g/mol. The van der Waals surface area contributed by atoms with Crippen LogP contribution in [-0.2, 0) is 11.4 Å². The molecule has 3 aromatic rings. The van der Waals surface area contributed by atoms with Crippen LogP contribution in [0.15, 0.2) is 65.6 Å². The van der Waals surface area contributed by atoms with Gasteiger partial charge in [0, 0.05) is 17.1 Å². The van der Waals surface area contributed by atoms with E-state index in [1.807, 2.05) is 36.4 Å². The number of carbonyl (C=O) groups is 1. The van der Waals surface area contributed by atoms with E-state index in [9.17, 15) is 9.59 Å². The highest BCUT2D eigenvalue weighted by molar-refractivity contribution is 5.96. The number of hydrogen-bond donors (Lipinski definition) is 2. The summed E-state index contributed by atoms with van der Waals surface area (Å²) >= 11 is 0. The summed E-state index contributed by atoms with van der Waals surface area (Å²) in [5.74, 6) is -0.567. The average Bonchev–Trinajstić information content (AvgIpc) is 2.56. The largest absolute Gasteiger partial charge is 0.360 e. The number of pyridine rings is 1. The van der Waals surface area contributed by atoms with E-state index in [2.05, 4.69) is 10.5 Å². The van der Waals surface area contributed by atoms with Crippen LogP contribution in [0.25, 0.3) is 10.9 Å². The fraction of sp³-hybridized carbons (Fsp3) is 0.0588. The zero-order valence-corrected chi connectivity index (χ0v) is 11.7. The van der Waals surface area contributed by atoms with Crippen molar-refractivity contribution in [3.8, 4) is 0 Å². The van der Waals surface area contributed by atoms with Crippen LogP contribution >= 0.6 is 0 Å². The van der Waals surface area contributed by atoms with Crippen molar-refractivity contribution in [1.29, 1.82) is 0 Å². The molecule has 1 amide bonds. The summed E-state index contributed by atoms with van der Waals surface area (Å²) in [5, 5.41) is 0.471. The minimum atomic E-state index is -0.567. The SMILES string of the molecule is O=C(NOCc1ccccc1)c1c[nH]c2ccccc2c1=O. The van der Waals surface area contributed by atoms with Crippen molar-refractivity contribution in [3.05, 3.63) is 82.1 Å². The molecule has 0 saturated carbocycles. The number of aromatic nitrogens is 1. The molecule has 0 atom stereocenters. The standard InChI is InChI=1S/C17H14N2O3/c20-16-13-8-4-5-9-15(13)18-10-14(16)17(21)19-22-11-12-6-2-1-3-7-12/h1-10H,11H2,(H,18,20)(H,19,21). The van der Waals surface area contributed by atoms with Gasteiger partial charge in [0.15, 0.2) is 0 Å². The van der Waals surface area contributed by atoms with Gasteiger partial charge in [-0.15, -0.1) is 0 Å². The molecule has 0 aliphatic heterocycles. The van der Waals surface area contributed by atoms with Gasteiger partial charge in [-0.05, 0) is 17.7 Å². The number of rotatable bonds is 4. The second-order valence-corrected chi connectivity index (χ2v) is 4.78. The topological polar surface area (TPSA) is 71.2 Å². The molecule has 0 radical (unpaired) electrons. The Labute approximate surface area is 126 Å². The Morgan fingerprint density at radius 2 is 1.77 bits per heavy atom. The predicted molar refractivity (Wildman–Crippen MR) is 83.3 cm³/mol. The summed E-state index contributed by atoms with van der Waals surface area (Å²) in [6.07, 6.45) is 1.39. The zero-order valence-electron chi connectivity index (χ0n) is 11.7. The van der Waals surface area contributed by atoms with Crippen LogP contribution in [0.2, 0.25) is 0 Å². The number of hydroxylamine groups is 1. The van der Waals surface area contributed by atoms with E-state index < -0.39 is 5.91 Å². The Bertz CT molecular complexity index is 856. The van der Waals surface area contributed by atoms with Gasteiger partial charge in [0.25, 0.3) is 5.91 Å². The maximum atomic E-state index is 12.3. The lowest BCUT2D eigenvalue weighted by Gasteiger charge is -2.06. The Morgan fingerprint density at radius 1 is 1.05 bits per heavy atom. The van der Waals surface area contributed by atoms with Crippen molar-refractivity contribution in [3.63, 3.8) is 0 Å². The van der Waals surface area contributed by atoms with Crippen molar-refractivity contribution < 1.29 is 9.63 Å². The van der Waals surface area contributed by atoms with Crippen LogP contribution in [0.5, 0.6) is 0 Å². The van der Waals surface area contributed by atoms with Crippen LogP contribution in [0.1, 0.15) is 15.9 Å². The molecular weight excluding hydrogens is 280 g/mol. The highest BCUT2D eigenvalue weighted by atomic mass is 16.6. The van der Waals surface area contributed by atoms with Gasteiger partial charge in [-0.25, -0.2) is 5.48 Å². The van der Waals surface area contributed by atoms with Gasteiger partial charge in [-0.3, -0.25) is 14.4 Å². The quantitative estimate of drug-likeness (QED) is 0.726. The third kappa shape index (κ3) is 2.89. The molecule has 1 aromatic heterocycles. The monoisotopic (exact) mass is 294 g/mol. The van der Waals surface area contributed by atoms with E-state index in [4.69, 9.17) is 4.84 Å². The molecule has 3 rings (SSSR count). The Morgan fingerprint density at radius 3 is 2.59 bits per heavy atom. The smallest absolute Gasteiger partial charge is 0.280 e. The van der Waals surface area contributed by atoms with E-state index in [1.54, 1.807) is 18.2 Å². The second kappa shape index (κ2) is 6.24. The molecule has 22 heavy (non-hydrogen) atoms. The number of hydrogen-bond acceptors (Lipinski definition) is 3. The Balaban J connectivity index is 1.73. The molecule has 2 N–H and O–H groups in total. The summed E-state index contributed by atoms with van der Waals surface area (Å²) in [6, 6.07) is 16.5. The summed E-state index contributed by atoms with van der Waals surface area (Å²) in [5.41, 5.74) is 3.61. The van der Waals surface area contributed by atoms with Gasteiger partial charge in [-0.1, -0.05) is 42.5 Å². The highest BCUT2D eigenvalue weighted by Crippen LogP contribution is 2.07. The molecule has 0 unspecified atom stereocenters. The first-order valence-electron chi connectivity index (χ1n) is 6.82. The molecule has 5 heteroatoms. The lowest BCUT2D eigenvalue weighted by atomic mass is 10.1. The van der Waals surface area contributed by atoms with Crippen LogP contribution in [-0.4, -0.2) is 10.9 Å². The van der Waals surface area contributed by atoms with E-state index in [-0.39, 0.29) is 17.6 Å². The second-order valence-electron chi connectivity index (χ2n) is 4.78. The number of benzene rings is 2. The molecule has 2 aromatic carbocycles. The van der Waals surface area contributed by atoms with Crippen LogP contribution in [0.4, 0.5) is 0 Å². The van der Waals surface area contributed by atoms with Crippen molar-refractivity contribution in [1.82, 2.24) is 10.5 Å². The summed E-state index contributed by atoms with van der Waals surface area (Å²) < 4.78 is 0. The van der Waals surface area contributed by atoms with E-state index >= 15 is 0 Å². The van der Waals surface area contributed by atoms with Crippen molar-refractivity contribution in [2.45, 2.75) is 6.61 Å². The molecule has 0 aliphatic carbocycles. The molecule has 0 aliphatic rings. The molecule has 0 saturated heterocycles. The molecule has 110 valence electrons. The highest BCUT2D eigenvalue weighted by Gasteiger charge is 2.12. The third-order valence-corrected chi connectivity index (χ3v) is 3.28. The van der Waals surface area contributed by atoms with Gasteiger partial charge in [0.2, 0.25) is 5.43 Å². The lowest BCUT2D eigenvalue weighted by Crippen LogP contribution is -2.29. The van der Waals surface area contributed by atoms with Crippen LogP contribution < -0.4 is 10.9 Å². The Hall–Kier alpha value is -2.92. The zero-order chi connectivity index (χ0) is 15.4. The summed E-state index contributed by atoms with van der Waals surface area (Å²) in [4.78, 5) is 32.4. The summed E-state index contributed by atoms with van der Waals surface area (Å²) in [6.45, 7) is 0.234. The number of amides is 1. The predicted octanol–water partition coefficient (Wildman–Crippen LogP) is 2.39. The van der Waals surface area contributed by atoms with Gasteiger partial charge >= 0.3 is 0 Å². The summed E-state index contributed by atoms with van der Waals surface area (Å²) in [7, 11) is 0. The molecular formula is C17H14N2O3. The number of fused-ring (bicyclic) bond motifs is 1. The van der Waals surface area contributed by atoms with Gasteiger partial charge < -0.3 is 4.98 Å². The van der Waals surface area contributed by atoms with E-state index in [0.717, 1.165) is 5.56 Å². The van der Waals surface area contributed by atoms with Crippen molar-refractivity contribution >= 4 is 16.8 Å². The fourth-order valence-corrected chi connectivity index (χ4v) is 2.15. The Kier molecular flexibility index (Phi) is 3.98. The van der Waals surface area contributed by atoms with Gasteiger partial charge in [0.05, 0.1) is 6.61 Å². The molecule has 0 spiro atoms. The fourth-order valence-electron chi connectivity index (χ4n) is 2.15. The third-order valence-electron chi connectivity index (χ3n) is 3.28. The number of para-hydroxylation sites is 1. The first-order chi connectivity index (χ1) is 10.8. The molecule has 0 fully saturated rings. The first-order valence-corrected chi connectivity index (χ1v) is 6.82. The van der Waals surface area contributed by atoms with Crippen molar-refractivity contribution in [2.24, 2.45) is 0 Å². The number of nitrogens with one attached hydrogen (secondary N) is 2. The van der Waals surface area contributed by atoms with Crippen LogP contribution in [0, 0.1) is 0 Å². The van der Waals surface area contributed by atoms with Gasteiger partial charge in [-0.2, -0.15) is 0 Å². The molecule has 0 bridgehead atoms. The van der Waals surface area contributed by atoms with Crippen LogP contribution in [0.3, 0.4) is 0 Å². The number of H-pyrrole nitrogens is 1. The molecule has 1 heterocycles. The first kappa shape index (κ1) is 14.0. The number of carbonyl (C=O) groups excluding carboxylic acids is 1. The van der Waals surface area contributed by atoms with Gasteiger partial charge in [0.1, 0.15) is 5.56 Å². The number of aromatic amines is 1. The maximum absolute atomic E-state index is 12.3.